The maximum atomic E-state index is 12.8. The number of aromatic nitrogens is 5. The summed E-state index contributed by atoms with van der Waals surface area (Å²) in [6, 6.07) is 12.2. The standard InChI is InChI=1S/C24H22ClN9O5S.Na.H/c25-17-12-15(11-16(19(17)35)20(26)36)40(37,38)33-14-7-5-13(6-8-14)3-1-9-28-23-30-22(27)34-24(31-23)29-21(32-34)18-4-2-10-39-18;;/h2,4-8,10-12,33,35H,1,3,9H2,(H2,26,36)(H3,27,28,29,30,31,32);;/q;+1;-1. The maximum Gasteiger partial charge on any atom is 1.00 e. The van der Waals surface area contributed by atoms with Crippen molar-refractivity contribution >= 4 is 50.9 Å². The van der Waals surface area contributed by atoms with Gasteiger partial charge in [-0.05, 0) is 54.8 Å². The summed E-state index contributed by atoms with van der Waals surface area (Å²) in [6.45, 7) is 0.535. The molecule has 41 heavy (non-hydrogen) atoms. The monoisotopic (exact) mass is 607 g/mol. The summed E-state index contributed by atoms with van der Waals surface area (Å²) < 4.78 is 34.6. The third-order valence-corrected chi connectivity index (χ3v) is 7.37. The largest absolute Gasteiger partial charge is 1.00 e. The van der Waals surface area contributed by atoms with Crippen molar-refractivity contribution in [1.29, 1.82) is 0 Å². The summed E-state index contributed by atoms with van der Waals surface area (Å²) in [5, 5.41) is 16.9. The molecule has 2 aromatic carbocycles. The molecule has 0 saturated carbocycles. The van der Waals surface area contributed by atoms with Crippen molar-refractivity contribution in [2.75, 3.05) is 22.3 Å². The number of primary amides is 1. The molecule has 3 heterocycles. The van der Waals surface area contributed by atoms with E-state index in [4.69, 9.17) is 27.5 Å². The number of amides is 1. The van der Waals surface area contributed by atoms with Crippen LogP contribution < -0.4 is 51.1 Å². The number of aromatic hydroxyl groups is 1. The Balaban J connectivity index is 0.00000242. The van der Waals surface area contributed by atoms with Gasteiger partial charge in [0.2, 0.25) is 17.7 Å². The Bertz CT molecular complexity index is 1820. The second-order valence-corrected chi connectivity index (χ2v) is 10.6. The average Bonchev–Trinajstić information content (AvgIpc) is 3.59. The third kappa shape index (κ3) is 6.71. The third-order valence-electron chi connectivity index (χ3n) is 5.72. The van der Waals surface area contributed by atoms with Crippen LogP contribution in [0.2, 0.25) is 5.02 Å². The molecule has 5 aromatic rings. The average molecular weight is 608 g/mol. The molecule has 0 aliphatic heterocycles. The molecule has 5 rings (SSSR count). The molecular formula is C24H23ClN9NaO5S. The number of nitrogens with two attached hydrogens (primary N) is 2. The molecule has 0 spiro atoms. The van der Waals surface area contributed by atoms with Crippen molar-refractivity contribution in [2.45, 2.75) is 17.7 Å². The second kappa shape index (κ2) is 12.3. The van der Waals surface area contributed by atoms with Crippen LogP contribution in [-0.4, -0.2) is 50.5 Å². The predicted octanol–water partition coefficient (Wildman–Crippen LogP) is -0.219. The van der Waals surface area contributed by atoms with Crippen molar-refractivity contribution < 1.29 is 53.7 Å². The minimum absolute atomic E-state index is 0. The Labute approximate surface area is 262 Å². The molecule has 7 N–H and O–H groups in total. The van der Waals surface area contributed by atoms with Gasteiger partial charge in [0.05, 0.1) is 21.7 Å². The number of halogens is 1. The van der Waals surface area contributed by atoms with Crippen LogP contribution in [-0.2, 0) is 16.4 Å². The number of rotatable bonds is 10. The Morgan fingerprint density at radius 3 is 2.59 bits per heavy atom. The molecule has 0 bridgehead atoms. The molecule has 1 amide bonds. The summed E-state index contributed by atoms with van der Waals surface area (Å²) in [5.74, 6) is -0.0571. The Morgan fingerprint density at radius 2 is 1.90 bits per heavy atom. The van der Waals surface area contributed by atoms with Crippen LogP contribution in [0.4, 0.5) is 17.6 Å². The molecule has 0 aliphatic rings. The molecule has 0 aliphatic carbocycles. The molecular weight excluding hydrogens is 585 g/mol. The number of hydrogen-bond acceptors (Lipinski definition) is 11. The van der Waals surface area contributed by atoms with Gasteiger partial charge in [0, 0.05) is 12.2 Å². The molecule has 0 atom stereocenters. The first kappa shape index (κ1) is 30.1. The maximum absolute atomic E-state index is 12.8. The van der Waals surface area contributed by atoms with Gasteiger partial charge in [-0.15, -0.1) is 5.10 Å². The van der Waals surface area contributed by atoms with Gasteiger partial charge in [-0.1, -0.05) is 23.7 Å². The number of carbonyl (C=O) groups is 1. The quantitative estimate of drug-likeness (QED) is 0.103. The number of benzene rings is 2. The minimum atomic E-state index is -4.11. The van der Waals surface area contributed by atoms with Crippen molar-refractivity contribution in [2.24, 2.45) is 5.73 Å². The van der Waals surface area contributed by atoms with Gasteiger partial charge < -0.3 is 27.7 Å². The zero-order valence-corrected chi connectivity index (χ0v) is 25.1. The number of aryl methyl sites for hydroxylation is 1. The summed E-state index contributed by atoms with van der Waals surface area (Å²) in [6.07, 6.45) is 2.91. The van der Waals surface area contributed by atoms with E-state index < -0.39 is 27.2 Å². The van der Waals surface area contributed by atoms with Crippen LogP contribution in [0.15, 0.2) is 64.1 Å². The number of nitrogens with one attached hydrogen (secondary N) is 2. The molecule has 14 nitrogen and oxygen atoms in total. The van der Waals surface area contributed by atoms with E-state index in [0.29, 0.717) is 42.6 Å². The fourth-order valence-corrected chi connectivity index (χ4v) is 5.15. The number of fused-ring (bicyclic) bond motifs is 1. The van der Waals surface area contributed by atoms with Crippen molar-refractivity contribution in [3.8, 4) is 17.3 Å². The van der Waals surface area contributed by atoms with Gasteiger partial charge in [-0.3, -0.25) is 9.52 Å². The first-order valence-corrected chi connectivity index (χ1v) is 13.6. The van der Waals surface area contributed by atoms with E-state index in [1.165, 1.54) is 10.8 Å². The molecule has 0 fully saturated rings. The van der Waals surface area contributed by atoms with Crippen molar-refractivity contribution in [3.05, 3.63) is 70.9 Å². The number of anilines is 3. The molecule has 0 saturated heterocycles. The van der Waals surface area contributed by atoms with Gasteiger partial charge in [0.25, 0.3) is 21.7 Å². The van der Waals surface area contributed by atoms with Crippen LogP contribution in [0.1, 0.15) is 23.8 Å². The fraction of sp³-hybridized carbons (Fsp3) is 0.125. The van der Waals surface area contributed by atoms with E-state index in [9.17, 15) is 18.3 Å². The van der Waals surface area contributed by atoms with Crippen LogP contribution in [0.5, 0.6) is 5.75 Å². The molecule has 17 heteroatoms. The number of carbonyl (C=O) groups excluding carboxylic acids is 1. The SMILES string of the molecule is NC(=O)c1cc(S(=O)(=O)Nc2ccc(CCCNc3nc(N)n4nc(-c5ccco5)nc4n3)cc2)cc(Cl)c1O.[H-].[Na+]. The summed E-state index contributed by atoms with van der Waals surface area (Å²) in [5.41, 5.74) is 12.1. The molecule has 0 unspecified atom stereocenters. The number of nitrogens with zero attached hydrogens (tertiary/aromatic N) is 5. The van der Waals surface area contributed by atoms with E-state index in [0.717, 1.165) is 17.7 Å². The Morgan fingerprint density at radius 1 is 1.15 bits per heavy atom. The predicted molar refractivity (Wildman–Crippen MR) is 147 cm³/mol. The smallest absolute Gasteiger partial charge is 1.00 e. The van der Waals surface area contributed by atoms with Crippen LogP contribution >= 0.6 is 11.6 Å². The number of nitrogen functional groups attached to an aromatic ring is 1. The number of hydrogen-bond donors (Lipinski definition) is 5. The Hall–Kier alpha value is -3.89. The molecule has 208 valence electrons. The van der Waals surface area contributed by atoms with E-state index in [1.807, 2.05) is 0 Å². The Kier molecular flexibility index (Phi) is 9.04. The van der Waals surface area contributed by atoms with Gasteiger partial charge >= 0.3 is 29.6 Å². The van der Waals surface area contributed by atoms with E-state index in [1.54, 1.807) is 36.4 Å². The van der Waals surface area contributed by atoms with Gasteiger partial charge in [-0.2, -0.15) is 19.5 Å². The van der Waals surface area contributed by atoms with Gasteiger partial charge in [-0.25, -0.2) is 8.42 Å². The zero-order valence-electron chi connectivity index (χ0n) is 22.6. The first-order valence-electron chi connectivity index (χ1n) is 11.7. The van der Waals surface area contributed by atoms with Crippen molar-refractivity contribution in [3.63, 3.8) is 0 Å². The topological polar surface area (TPSA) is 217 Å². The van der Waals surface area contributed by atoms with Gasteiger partial charge in [0.1, 0.15) is 5.75 Å². The zero-order chi connectivity index (χ0) is 28.4. The number of furan rings is 1. The number of phenols is 1. The van der Waals surface area contributed by atoms with E-state index in [-0.39, 0.29) is 52.6 Å². The van der Waals surface area contributed by atoms with Crippen LogP contribution in [0.3, 0.4) is 0 Å². The normalized spacial score (nSPS) is 11.2. The van der Waals surface area contributed by atoms with Crippen LogP contribution in [0, 0.1) is 0 Å². The molecule has 0 radical (unpaired) electrons. The molecule has 3 aromatic heterocycles. The second-order valence-electron chi connectivity index (χ2n) is 8.53. The van der Waals surface area contributed by atoms with E-state index in [2.05, 4.69) is 30.1 Å². The fourth-order valence-electron chi connectivity index (χ4n) is 3.76. The number of sulfonamides is 1. The first-order chi connectivity index (χ1) is 19.1. The van der Waals surface area contributed by atoms with E-state index >= 15 is 0 Å². The summed E-state index contributed by atoms with van der Waals surface area (Å²) >= 11 is 5.87. The summed E-state index contributed by atoms with van der Waals surface area (Å²) in [4.78, 5) is 24.1. The minimum Gasteiger partial charge on any atom is -1.00 e. The summed E-state index contributed by atoms with van der Waals surface area (Å²) in [7, 11) is -4.11. The van der Waals surface area contributed by atoms with Gasteiger partial charge in [0.15, 0.2) is 5.76 Å². The van der Waals surface area contributed by atoms with Crippen molar-refractivity contribution in [1.82, 2.24) is 24.6 Å². The van der Waals surface area contributed by atoms with Crippen LogP contribution in [0.25, 0.3) is 17.4 Å².